The molecular formula is C22H29N5O2. The van der Waals surface area contributed by atoms with Crippen LogP contribution in [-0.4, -0.2) is 60.6 Å². The number of hydrogen-bond acceptors (Lipinski definition) is 6. The highest BCUT2D eigenvalue weighted by Gasteiger charge is 2.25. The zero-order chi connectivity index (χ0) is 20.2. The maximum absolute atomic E-state index is 12.5. The van der Waals surface area contributed by atoms with E-state index in [0.29, 0.717) is 18.0 Å². The van der Waals surface area contributed by atoms with Crippen molar-refractivity contribution in [2.45, 2.75) is 32.6 Å². The molecule has 1 aromatic heterocycles. The topological polar surface area (TPSA) is 70.6 Å². The van der Waals surface area contributed by atoms with Gasteiger partial charge in [0.15, 0.2) is 0 Å². The van der Waals surface area contributed by atoms with Crippen LogP contribution in [0.15, 0.2) is 24.3 Å². The number of nitrogens with zero attached hydrogens (tertiary/aromatic N) is 4. The Bertz CT molecular complexity index is 878. The summed E-state index contributed by atoms with van der Waals surface area (Å²) < 4.78 is 5.31. The van der Waals surface area contributed by atoms with Crippen LogP contribution < -0.4 is 15.0 Å². The lowest BCUT2D eigenvalue weighted by molar-refractivity contribution is -0.117. The van der Waals surface area contributed by atoms with Crippen molar-refractivity contribution in [3.05, 3.63) is 41.3 Å². The summed E-state index contributed by atoms with van der Waals surface area (Å²) in [6, 6.07) is 7.48. The number of carbonyl (C=O) groups is 1. The molecule has 29 heavy (non-hydrogen) atoms. The van der Waals surface area contributed by atoms with Gasteiger partial charge >= 0.3 is 0 Å². The molecular weight excluding hydrogens is 366 g/mol. The normalized spacial score (nSPS) is 17.0. The lowest BCUT2D eigenvalue weighted by Gasteiger charge is -2.36. The number of amides is 1. The molecule has 154 valence electrons. The Balaban J connectivity index is 1.35. The third-order valence-corrected chi connectivity index (χ3v) is 5.69. The number of aryl methyl sites for hydroxylation is 2. The Morgan fingerprint density at radius 2 is 1.86 bits per heavy atom. The first kappa shape index (κ1) is 19.6. The van der Waals surface area contributed by atoms with Crippen molar-refractivity contribution in [3.8, 4) is 5.75 Å². The van der Waals surface area contributed by atoms with E-state index >= 15 is 0 Å². The summed E-state index contributed by atoms with van der Waals surface area (Å²) in [6.07, 6.45) is 4.58. The molecule has 0 spiro atoms. The molecule has 0 unspecified atom stereocenters. The van der Waals surface area contributed by atoms with Crippen LogP contribution in [0, 0.1) is 6.92 Å². The van der Waals surface area contributed by atoms with E-state index in [1.165, 1.54) is 24.1 Å². The van der Waals surface area contributed by atoms with Gasteiger partial charge in [0.05, 0.1) is 19.3 Å². The summed E-state index contributed by atoms with van der Waals surface area (Å²) >= 11 is 0. The predicted octanol–water partition coefficient (Wildman–Crippen LogP) is 2.43. The Kier molecular flexibility index (Phi) is 5.94. The van der Waals surface area contributed by atoms with E-state index < -0.39 is 0 Å². The van der Waals surface area contributed by atoms with Gasteiger partial charge in [0.25, 0.3) is 0 Å². The van der Waals surface area contributed by atoms with Crippen LogP contribution in [0.2, 0.25) is 0 Å². The van der Waals surface area contributed by atoms with E-state index in [2.05, 4.69) is 20.1 Å². The smallest absolute Gasteiger partial charge is 0.238 e. The molecule has 0 bridgehead atoms. The Hall–Kier alpha value is -2.67. The molecule has 0 atom stereocenters. The van der Waals surface area contributed by atoms with Gasteiger partial charge in [0.1, 0.15) is 17.4 Å². The molecule has 1 aliphatic heterocycles. The van der Waals surface area contributed by atoms with Crippen molar-refractivity contribution in [1.29, 1.82) is 0 Å². The minimum atomic E-state index is -0.0155. The Morgan fingerprint density at radius 1 is 1.10 bits per heavy atom. The van der Waals surface area contributed by atoms with E-state index in [1.807, 2.05) is 31.2 Å². The molecule has 1 saturated heterocycles. The van der Waals surface area contributed by atoms with E-state index in [-0.39, 0.29) is 5.91 Å². The van der Waals surface area contributed by atoms with Gasteiger partial charge in [-0.05, 0) is 44.7 Å². The number of fused-ring (bicyclic) bond motifs is 1. The lowest BCUT2D eigenvalue weighted by atomic mass is 9.96. The summed E-state index contributed by atoms with van der Waals surface area (Å²) in [6.45, 7) is 5.81. The van der Waals surface area contributed by atoms with Crippen molar-refractivity contribution in [1.82, 2.24) is 14.9 Å². The van der Waals surface area contributed by atoms with Gasteiger partial charge in [-0.1, -0.05) is 12.1 Å². The average Bonchev–Trinajstić information content (AvgIpc) is 2.74. The minimum absolute atomic E-state index is 0.0155. The molecule has 1 amide bonds. The molecule has 0 radical (unpaired) electrons. The van der Waals surface area contributed by atoms with Gasteiger partial charge in [-0.3, -0.25) is 9.69 Å². The summed E-state index contributed by atoms with van der Waals surface area (Å²) in [4.78, 5) is 26.5. The molecule has 1 fully saturated rings. The van der Waals surface area contributed by atoms with E-state index in [4.69, 9.17) is 9.72 Å². The third-order valence-electron chi connectivity index (χ3n) is 5.69. The van der Waals surface area contributed by atoms with Crippen molar-refractivity contribution >= 4 is 17.4 Å². The van der Waals surface area contributed by atoms with Crippen molar-refractivity contribution < 1.29 is 9.53 Å². The monoisotopic (exact) mass is 395 g/mol. The quantitative estimate of drug-likeness (QED) is 0.839. The number of hydrogen-bond donors (Lipinski definition) is 1. The SMILES string of the molecule is COc1ccccc1NC(=O)CN1CCN(c2nc(C)nc3c2CCCC3)CC1. The second-order valence-electron chi connectivity index (χ2n) is 7.74. The van der Waals surface area contributed by atoms with Gasteiger partial charge in [-0.2, -0.15) is 0 Å². The molecule has 7 nitrogen and oxygen atoms in total. The number of carbonyl (C=O) groups excluding carboxylic acids is 1. The molecule has 2 aliphatic rings. The highest BCUT2D eigenvalue weighted by atomic mass is 16.5. The van der Waals surface area contributed by atoms with Gasteiger partial charge < -0.3 is 15.0 Å². The number of anilines is 2. The van der Waals surface area contributed by atoms with E-state index in [9.17, 15) is 4.79 Å². The molecule has 4 rings (SSSR count). The lowest BCUT2D eigenvalue weighted by Crippen LogP contribution is -2.49. The molecule has 2 aromatic rings. The molecule has 1 N–H and O–H groups in total. The van der Waals surface area contributed by atoms with Gasteiger partial charge in [0.2, 0.25) is 5.91 Å². The largest absolute Gasteiger partial charge is 0.495 e. The second-order valence-corrected chi connectivity index (χ2v) is 7.74. The molecule has 1 aliphatic carbocycles. The highest BCUT2D eigenvalue weighted by Crippen LogP contribution is 2.28. The average molecular weight is 396 g/mol. The fourth-order valence-electron chi connectivity index (χ4n) is 4.21. The number of para-hydroxylation sites is 2. The molecule has 0 saturated carbocycles. The van der Waals surface area contributed by atoms with Gasteiger partial charge in [-0.25, -0.2) is 9.97 Å². The van der Waals surface area contributed by atoms with Crippen LogP contribution in [0.25, 0.3) is 0 Å². The fourth-order valence-corrected chi connectivity index (χ4v) is 4.21. The maximum Gasteiger partial charge on any atom is 0.238 e. The number of piperazine rings is 1. The van der Waals surface area contributed by atoms with Crippen LogP contribution in [0.5, 0.6) is 5.75 Å². The zero-order valence-corrected chi connectivity index (χ0v) is 17.3. The number of ether oxygens (including phenoxy) is 1. The summed E-state index contributed by atoms with van der Waals surface area (Å²) in [5, 5.41) is 2.96. The first-order valence-electron chi connectivity index (χ1n) is 10.4. The Morgan fingerprint density at radius 3 is 2.66 bits per heavy atom. The number of aromatic nitrogens is 2. The van der Waals surface area contributed by atoms with Crippen LogP contribution >= 0.6 is 0 Å². The summed E-state index contributed by atoms with van der Waals surface area (Å²) in [7, 11) is 1.61. The number of rotatable bonds is 5. The van der Waals surface area contributed by atoms with Crippen LogP contribution in [0.4, 0.5) is 11.5 Å². The summed E-state index contributed by atoms with van der Waals surface area (Å²) in [5.74, 6) is 2.64. The number of methoxy groups -OCH3 is 1. The predicted molar refractivity (Wildman–Crippen MR) is 114 cm³/mol. The van der Waals surface area contributed by atoms with Crippen LogP contribution in [-0.2, 0) is 17.6 Å². The third kappa shape index (κ3) is 4.50. The Labute approximate surface area is 172 Å². The van der Waals surface area contributed by atoms with Crippen molar-refractivity contribution in [3.63, 3.8) is 0 Å². The standard InChI is InChI=1S/C22H29N5O2/c1-16-23-18-8-4-3-7-17(18)22(24-16)27-13-11-26(12-14-27)15-21(28)25-19-9-5-6-10-20(19)29-2/h5-6,9-10H,3-4,7-8,11-15H2,1-2H3,(H,25,28). The molecule has 2 heterocycles. The highest BCUT2D eigenvalue weighted by molar-refractivity contribution is 5.93. The van der Waals surface area contributed by atoms with Gasteiger partial charge in [-0.15, -0.1) is 0 Å². The van der Waals surface area contributed by atoms with Crippen molar-refractivity contribution in [2.24, 2.45) is 0 Å². The first-order chi connectivity index (χ1) is 14.1. The van der Waals surface area contributed by atoms with E-state index in [0.717, 1.165) is 50.7 Å². The van der Waals surface area contributed by atoms with E-state index in [1.54, 1.807) is 7.11 Å². The number of nitrogens with one attached hydrogen (secondary N) is 1. The first-order valence-corrected chi connectivity index (χ1v) is 10.4. The second kappa shape index (κ2) is 8.78. The minimum Gasteiger partial charge on any atom is -0.495 e. The molecule has 1 aromatic carbocycles. The summed E-state index contributed by atoms with van der Waals surface area (Å²) in [5.41, 5.74) is 3.28. The zero-order valence-electron chi connectivity index (χ0n) is 17.3. The van der Waals surface area contributed by atoms with Crippen molar-refractivity contribution in [2.75, 3.05) is 50.1 Å². The van der Waals surface area contributed by atoms with Crippen LogP contribution in [0.3, 0.4) is 0 Å². The van der Waals surface area contributed by atoms with Gasteiger partial charge in [0, 0.05) is 37.4 Å². The number of benzene rings is 1. The maximum atomic E-state index is 12.5. The fraction of sp³-hybridized carbons (Fsp3) is 0.500. The van der Waals surface area contributed by atoms with Crippen LogP contribution in [0.1, 0.15) is 29.9 Å². The molecule has 7 heteroatoms.